The van der Waals surface area contributed by atoms with Crippen LogP contribution < -0.4 is 5.32 Å². The van der Waals surface area contributed by atoms with Crippen LogP contribution in [0.5, 0.6) is 0 Å². The van der Waals surface area contributed by atoms with Gasteiger partial charge in [-0.3, -0.25) is 9.59 Å². The lowest BCUT2D eigenvalue weighted by atomic mass is 10.0. The second-order valence-corrected chi connectivity index (χ2v) is 10.0. The lowest BCUT2D eigenvalue weighted by Gasteiger charge is -2.29. The first-order chi connectivity index (χ1) is 16.4. The summed E-state index contributed by atoms with van der Waals surface area (Å²) in [4.78, 5) is 27.8. The molecule has 1 aromatic heterocycles. The minimum absolute atomic E-state index is 0.232. The van der Waals surface area contributed by atoms with Gasteiger partial charge in [-0.15, -0.1) is 11.8 Å². The maximum atomic E-state index is 12.9. The lowest BCUT2D eigenvalue weighted by molar-refractivity contribution is -0.153. The van der Waals surface area contributed by atoms with Crippen molar-refractivity contribution in [3.63, 3.8) is 0 Å². The second kappa shape index (κ2) is 12.9. The van der Waals surface area contributed by atoms with Crippen molar-refractivity contribution in [2.24, 2.45) is 0 Å². The molecule has 3 rings (SSSR count). The molecule has 3 heterocycles. The number of hydrogen-bond donors (Lipinski definition) is 3. The number of carbonyl (C=O) groups is 2. The molecule has 182 valence electrons. The van der Waals surface area contributed by atoms with Gasteiger partial charge >= 0.3 is 0 Å². The summed E-state index contributed by atoms with van der Waals surface area (Å²) in [5.41, 5.74) is 3.46. The number of thiophene rings is 1. The number of nitrogens with zero attached hydrogens (tertiary/aromatic N) is 1. The molecule has 2 aliphatic rings. The first-order valence-corrected chi connectivity index (χ1v) is 13.2. The van der Waals surface area contributed by atoms with Gasteiger partial charge in [0.25, 0.3) is 11.8 Å². The van der Waals surface area contributed by atoms with Crippen LogP contribution >= 0.6 is 23.1 Å². The van der Waals surface area contributed by atoms with Crippen molar-refractivity contribution >= 4 is 34.9 Å². The van der Waals surface area contributed by atoms with E-state index < -0.39 is 24.0 Å². The topological polar surface area (TPSA) is 89.9 Å². The SMILES string of the molecule is C=C/C(=C\C=C/C)[C@H]1CCCN1C(=O)C(O)C(O)C(=O)NCC1=CCC(Cc2ccsc2)=CS1. The van der Waals surface area contributed by atoms with Gasteiger partial charge in [-0.1, -0.05) is 42.5 Å². The van der Waals surface area contributed by atoms with Gasteiger partial charge < -0.3 is 20.4 Å². The molecule has 2 unspecified atom stereocenters. The molecule has 6 nitrogen and oxygen atoms in total. The minimum atomic E-state index is -1.83. The highest BCUT2D eigenvalue weighted by atomic mass is 32.2. The Labute approximate surface area is 209 Å². The number of thioether (sulfide) groups is 1. The van der Waals surface area contributed by atoms with E-state index in [0.29, 0.717) is 6.54 Å². The number of allylic oxidation sites excluding steroid dienone is 5. The van der Waals surface area contributed by atoms with Gasteiger partial charge in [0, 0.05) is 18.0 Å². The first kappa shape index (κ1) is 26.2. The lowest BCUT2D eigenvalue weighted by Crippen LogP contribution is -2.52. The molecule has 1 fully saturated rings. The summed E-state index contributed by atoms with van der Waals surface area (Å²) in [6.45, 7) is 6.42. The Kier molecular flexibility index (Phi) is 9.95. The summed E-state index contributed by atoms with van der Waals surface area (Å²) in [7, 11) is 0. The Morgan fingerprint density at radius 1 is 1.35 bits per heavy atom. The van der Waals surface area contributed by atoms with E-state index in [0.717, 1.165) is 36.2 Å². The number of hydrogen-bond acceptors (Lipinski definition) is 6. The Morgan fingerprint density at radius 3 is 2.82 bits per heavy atom. The molecule has 1 saturated heterocycles. The zero-order chi connectivity index (χ0) is 24.5. The largest absolute Gasteiger partial charge is 0.380 e. The fourth-order valence-corrected chi connectivity index (χ4v) is 5.51. The molecule has 0 radical (unpaired) electrons. The van der Waals surface area contributed by atoms with E-state index in [1.54, 1.807) is 29.2 Å². The highest BCUT2D eigenvalue weighted by molar-refractivity contribution is 8.05. The van der Waals surface area contributed by atoms with Crippen LogP contribution in [0.15, 0.2) is 75.2 Å². The van der Waals surface area contributed by atoms with Gasteiger partial charge in [-0.25, -0.2) is 0 Å². The zero-order valence-corrected chi connectivity index (χ0v) is 21.0. The van der Waals surface area contributed by atoms with Crippen LogP contribution in [-0.2, 0) is 16.0 Å². The second-order valence-electron chi connectivity index (χ2n) is 8.27. The summed E-state index contributed by atoms with van der Waals surface area (Å²) >= 11 is 3.22. The molecule has 2 amide bonds. The number of carbonyl (C=O) groups excluding carboxylic acids is 2. The molecule has 0 bridgehead atoms. The fraction of sp³-hybridized carbons (Fsp3) is 0.385. The van der Waals surface area contributed by atoms with E-state index in [2.05, 4.69) is 40.2 Å². The average Bonchev–Trinajstić information content (AvgIpc) is 3.55. The first-order valence-electron chi connectivity index (χ1n) is 11.4. The molecule has 3 atom stereocenters. The summed E-state index contributed by atoms with van der Waals surface area (Å²) in [6.07, 6.45) is 8.97. The number of nitrogens with one attached hydrogen (secondary N) is 1. The molecule has 1 aromatic rings. The number of aliphatic hydroxyl groups excluding tert-OH is 2. The van der Waals surface area contributed by atoms with Gasteiger partial charge in [0.2, 0.25) is 0 Å². The Morgan fingerprint density at radius 2 is 2.18 bits per heavy atom. The van der Waals surface area contributed by atoms with Gasteiger partial charge in [0.1, 0.15) is 0 Å². The van der Waals surface area contributed by atoms with E-state index in [-0.39, 0.29) is 12.6 Å². The van der Waals surface area contributed by atoms with Gasteiger partial charge in [-0.05, 0) is 66.0 Å². The van der Waals surface area contributed by atoms with Crippen LogP contribution in [0.3, 0.4) is 0 Å². The third-order valence-electron chi connectivity index (χ3n) is 5.88. The van der Waals surface area contributed by atoms with Crippen LogP contribution in [0.25, 0.3) is 0 Å². The Hall–Kier alpha value is -2.39. The maximum Gasteiger partial charge on any atom is 0.255 e. The third-order valence-corrected chi connectivity index (χ3v) is 7.67. The molecule has 34 heavy (non-hydrogen) atoms. The van der Waals surface area contributed by atoms with Crippen LogP contribution in [-0.4, -0.2) is 58.3 Å². The zero-order valence-electron chi connectivity index (χ0n) is 19.4. The minimum Gasteiger partial charge on any atom is -0.380 e. The fourth-order valence-electron chi connectivity index (χ4n) is 4.01. The predicted molar refractivity (Wildman–Crippen MR) is 139 cm³/mol. The molecule has 0 spiro atoms. The number of rotatable bonds is 10. The maximum absolute atomic E-state index is 12.9. The Balaban J connectivity index is 1.50. The number of amides is 2. The van der Waals surface area contributed by atoms with E-state index in [4.69, 9.17) is 0 Å². The normalized spacial score (nSPS) is 20.6. The molecule has 0 aliphatic carbocycles. The molecule has 3 N–H and O–H groups in total. The predicted octanol–water partition coefficient (Wildman–Crippen LogP) is 3.71. The van der Waals surface area contributed by atoms with Crippen LogP contribution in [0.4, 0.5) is 0 Å². The third kappa shape index (κ3) is 6.82. The van der Waals surface area contributed by atoms with Crippen molar-refractivity contribution in [1.82, 2.24) is 10.2 Å². The van der Waals surface area contributed by atoms with Crippen molar-refractivity contribution in [2.75, 3.05) is 13.1 Å². The Bertz CT molecular complexity index is 994. The van der Waals surface area contributed by atoms with Gasteiger partial charge in [-0.2, -0.15) is 11.3 Å². The summed E-state index contributed by atoms with van der Waals surface area (Å²) < 4.78 is 0. The molecule has 0 saturated carbocycles. The molecule has 0 aromatic carbocycles. The van der Waals surface area contributed by atoms with Crippen molar-refractivity contribution in [1.29, 1.82) is 0 Å². The molecular weight excluding hydrogens is 468 g/mol. The van der Waals surface area contributed by atoms with Crippen LogP contribution in [0, 0.1) is 0 Å². The van der Waals surface area contributed by atoms with E-state index in [1.165, 1.54) is 16.0 Å². The highest BCUT2D eigenvalue weighted by Crippen LogP contribution is 2.29. The molecule has 2 aliphatic heterocycles. The standard InChI is InChI=1S/C26H32N2O4S2/c1-3-5-7-20(4-2)22-8-6-12-28(22)26(32)24(30)23(29)25(31)27-15-21-10-9-18(17-34-21)14-19-11-13-33-16-19/h3-5,7,10-11,13,16-17,22-24,29-30H,2,6,8-9,12,14-15H2,1H3,(H,27,31)/b5-3-,20-7+/t22-,23?,24?/m1/s1. The van der Waals surface area contributed by atoms with Crippen molar-refractivity contribution in [2.45, 2.75) is 50.9 Å². The summed E-state index contributed by atoms with van der Waals surface area (Å²) in [5, 5.41) is 29.8. The van der Waals surface area contributed by atoms with Crippen LogP contribution in [0.2, 0.25) is 0 Å². The van der Waals surface area contributed by atoms with Crippen LogP contribution in [0.1, 0.15) is 31.7 Å². The molecular formula is C26H32N2O4S2. The smallest absolute Gasteiger partial charge is 0.255 e. The van der Waals surface area contributed by atoms with Crippen molar-refractivity contribution < 1.29 is 19.8 Å². The monoisotopic (exact) mass is 500 g/mol. The van der Waals surface area contributed by atoms with E-state index >= 15 is 0 Å². The quantitative estimate of drug-likeness (QED) is 0.426. The average molecular weight is 501 g/mol. The number of likely N-dealkylation sites (tertiary alicyclic amines) is 1. The van der Waals surface area contributed by atoms with Crippen molar-refractivity contribution in [3.05, 3.63) is 80.8 Å². The molecule has 8 heteroatoms. The summed E-state index contributed by atoms with van der Waals surface area (Å²) in [6, 6.07) is 1.88. The summed E-state index contributed by atoms with van der Waals surface area (Å²) in [5.74, 6) is -1.41. The highest BCUT2D eigenvalue weighted by Gasteiger charge is 2.38. The number of aliphatic hydroxyl groups is 2. The van der Waals surface area contributed by atoms with E-state index in [1.807, 2.05) is 25.2 Å². The van der Waals surface area contributed by atoms with E-state index in [9.17, 15) is 19.8 Å². The van der Waals surface area contributed by atoms with Gasteiger partial charge in [0.15, 0.2) is 12.2 Å². The van der Waals surface area contributed by atoms with Crippen molar-refractivity contribution in [3.8, 4) is 0 Å². The van der Waals surface area contributed by atoms with Gasteiger partial charge in [0.05, 0.1) is 6.04 Å².